The number of anilines is 2. The molecule has 1 heterocycles. The smallest absolute Gasteiger partial charge is 0.323 e. The number of esters is 1. The zero-order valence-corrected chi connectivity index (χ0v) is 13.1. The van der Waals surface area contributed by atoms with E-state index in [2.05, 4.69) is 10.3 Å². The summed E-state index contributed by atoms with van der Waals surface area (Å²) in [6, 6.07) is 9.22. The molecule has 0 amide bonds. The minimum absolute atomic E-state index is 0.106. The lowest BCUT2D eigenvalue weighted by Gasteiger charge is -2.11. The minimum atomic E-state index is -0.722. The summed E-state index contributed by atoms with van der Waals surface area (Å²) in [6.07, 6.45) is 1.82. The second-order valence-corrected chi connectivity index (χ2v) is 5.01. The maximum absolute atomic E-state index is 11.5. The van der Waals surface area contributed by atoms with Gasteiger partial charge in [0, 0.05) is 18.0 Å². The maximum atomic E-state index is 11.5. The molecule has 0 radical (unpaired) electrons. The Morgan fingerprint density at radius 3 is 2.71 bits per heavy atom. The molecule has 0 fully saturated rings. The third-order valence-electron chi connectivity index (χ3n) is 3.24. The summed E-state index contributed by atoms with van der Waals surface area (Å²) in [5.41, 5.74) is 7.17. The van der Waals surface area contributed by atoms with E-state index >= 15 is 0 Å². The van der Waals surface area contributed by atoms with Crippen LogP contribution in [0.4, 0.5) is 17.2 Å². The lowest BCUT2D eigenvalue weighted by atomic mass is 10.1. The molecule has 0 aliphatic carbocycles. The first-order valence-corrected chi connectivity index (χ1v) is 7.39. The van der Waals surface area contributed by atoms with Crippen molar-refractivity contribution in [3.8, 4) is 0 Å². The van der Waals surface area contributed by atoms with Crippen LogP contribution in [0.1, 0.15) is 12.5 Å². The van der Waals surface area contributed by atoms with Gasteiger partial charge < -0.3 is 15.8 Å². The third kappa shape index (κ3) is 4.50. The van der Waals surface area contributed by atoms with E-state index in [-0.39, 0.29) is 18.1 Å². The first-order chi connectivity index (χ1) is 11.5. The van der Waals surface area contributed by atoms with E-state index in [1.165, 1.54) is 18.3 Å². The van der Waals surface area contributed by atoms with E-state index in [9.17, 15) is 14.9 Å². The van der Waals surface area contributed by atoms with Gasteiger partial charge in [-0.25, -0.2) is 4.98 Å². The van der Waals surface area contributed by atoms with Crippen LogP contribution in [-0.4, -0.2) is 28.5 Å². The molecule has 0 aliphatic heterocycles. The fourth-order valence-electron chi connectivity index (χ4n) is 2.09. The van der Waals surface area contributed by atoms with Crippen molar-refractivity contribution in [1.82, 2.24) is 4.98 Å². The highest BCUT2D eigenvalue weighted by Crippen LogP contribution is 2.24. The number of nitrogens with zero attached hydrogens (tertiary/aromatic N) is 2. The number of aromatic nitrogens is 1. The van der Waals surface area contributed by atoms with Gasteiger partial charge in [0.05, 0.1) is 11.5 Å². The summed E-state index contributed by atoms with van der Waals surface area (Å²) in [4.78, 5) is 26.0. The summed E-state index contributed by atoms with van der Waals surface area (Å²) in [5, 5.41) is 13.9. The summed E-state index contributed by atoms with van der Waals surface area (Å²) < 4.78 is 4.87. The second-order valence-electron chi connectivity index (χ2n) is 5.01. The van der Waals surface area contributed by atoms with Crippen LogP contribution in [0, 0.1) is 10.1 Å². The first kappa shape index (κ1) is 17.4. The van der Waals surface area contributed by atoms with Gasteiger partial charge >= 0.3 is 11.7 Å². The molecule has 1 aromatic carbocycles. The molecule has 0 aliphatic rings. The highest BCUT2D eigenvalue weighted by molar-refractivity contribution is 5.76. The molecule has 126 valence electrons. The highest BCUT2D eigenvalue weighted by Gasteiger charge is 2.16. The van der Waals surface area contributed by atoms with Crippen LogP contribution in [-0.2, 0) is 16.0 Å². The number of nitrogens with two attached hydrogens (primary N) is 1. The number of rotatable bonds is 7. The predicted molar refractivity (Wildman–Crippen MR) is 88.9 cm³/mol. The number of carbonyl (C=O) groups is 1. The van der Waals surface area contributed by atoms with E-state index in [1.54, 1.807) is 31.2 Å². The predicted octanol–water partition coefficient (Wildman–Crippen LogP) is 2.17. The molecule has 8 nitrogen and oxygen atoms in total. The Morgan fingerprint density at radius 2 is 2.08 bits per heavy atom. The fourth-order valence-corrected chi connectivity index (χ4v) is 2.09. The number of carbonyl (C=O) groups excluding carboxylic acids is 1. The van der Waals surface area contributed by atoms with Crippen LogP contribution < -0.4 is 11.1 Å². The average Bonchev–Trinajstić information content (AvgIpc) is 2.57. The highest BCUT2D eigenvalue weighted by atomic mass is 16.6. The molecule has 3 N–H and O–H groups in total. The Labute approximate surface area is 138 Å². The van der Waals surface area contributed by atoms with Crippen molar-refractivity contribution in [3.05, 3.63) is 58.3 Å². The quantitative estimate of drug-likeness (QED) is 0.453. The zero-order valence-electron chi connectivity index (χ0n) is 13.1. The first-order valence-electron chi connectivity index (χ1n) is 7.39. The van der Waals surface area contributed by atoms with Crippen molar-refractivity contribution in [2.45, 2.75) is 19.4 Å². The Hall–Kier alpha value is -3.00. The molecule has 1 atom stereocenters. The van der Waals surface area contributed by atoms with Crippen molar-refractivity contribution >= 4 is 23.2 Å². The molecular weight excluding hydrogens is 312 g/mol. The molecule has 1 aromatic heterocycles. The van der Waals surface area contributed by atoms with E-state index in [4.69, 9.17) is 10.5 Å². The molecule has 2 aromatic rings. The van der Waals surface area contributed by atoms with E-state index in [1.807, 2.05) is 0 Å². The normalized spacial score (nSPS) is 11.6. The SMILES string of the molecule is CCOC(=O)[C@@H](N)Cc1ccc(Nc2ncccc2[N+](=O)[O-])cc1. The van der Waals surface area contributed by atoms with Crippen molar-refractivity contribution in [2.24, 2.45) is 5.73 Å². The third-order valence-corrected chi connectivity index (χ3v) is 3.24. The van der Waals surface area contributed by atoms with Crippen LogP contribution in [0.25, 0.3) is 0 Å². The standard InChI is InChI=1S/C16H18N4O4/c1-2-24-16(21)13(17)10-11-5-7-12(8-6-11)19-15-14(20(22)23)4-3-9-18-15/h3-9,13H,2,10,17H2,1H3,(H,18,19)/t13-/m0/s1. The Bertz CT molecular complexity index is 718. The fraction of sp³-hybridized carbons (Fsp3) is 0.250. The topological polar surface area (TPSA) is 120 Å². The average molecular weight is 330 g/mol. The second kappa shape index (κ2) is 8.02. The molecule has 24 heavy (non-hydrogen) atoms. The van der Waals surface area contributed by atoms with Crippen molar-refractivity contribution in [3.63, 3.8) is 0 Å². The largest absolute Gasteiger partial charge is 0.465 e. The minimum Gasteiger partial charge on any atom is -0.465 e. The van der Waals surface area contributed by atoms with Gasteiger partial charge in [0.25, 0.3) is 0 Å². The van der Waals surface area contributed by atoms with Crippen LogP contribution in [0.2, 0.25) is 0 Å². The van der Waals surface area contributed by atoms with Crippen LogP contribution in [0.5, 0.6) is 0 Å². The number of nitrogens with one attached hydrogen (secondary N) is 1. The van der Waals surface area contributed by atoms with E-state index in [0.717, 1.165) is 5.56 Å². The summed E-state index contributed by atoms with van der Waals surface area (Å²) in [5.74, 6) is -0.276. The number of benzene rings is 1. The Kier molecular flexibility index (Phi) is 5.80. The van der Waals surface area contributed by atoms with Crippen molar-refractivity contribution in [2.75, 3.05) is 11.9 Å². The molecular formula is C16H18N4O4. The lowest BCUT2D eigenvalue weighted by Crippen LogP contribution is -2.34. The Morgan fingerprint density at radius 1 is 1.38 bits per heavy atom. The summed E-state index contributed by atoms with van der Waals surface area (Å²) >= 11 is 0. The van der Waals surface area contributed by atoms with Gasteiger partial charge in [-0.2, -0.15) is 0 Å². The Balaban J connectivity index is 2.05. The maximum Gasteiger partial charge on any atom is 0.323 e. The molecule has 2 rings (SSSR count). The molecule has 0 saturated carbocycles. The number of hydrogen-bond acceptors (Lipinski definition) is 7. The van der Waals surface area contributed by atoms with E-state index < -0.39 is 16.9 Å². The van der Waals surface area contributed by atoms with E-state index in [0.29, 0.717) is 12.1 Å². The van der Waals surface area contributed by atoms with Gasteiger partial charge in [-0.15, -0.1) is 0 Å². The van der Waals surface area contributed by atoms with Crippen LogP contribution >= 0.6 is 0 Å². The number of pyridine rings is 1. The van der Waals surface area contributed by atoms with Crippen molar-refractivity contribution < 1.29 is 14.5 Å². The molecule has 0 unspecified atom stereocenters. The van der Waals surface area contributed by atoms with Gasteiger partial charge in [-0.1, -0.05) is 12.1 Å². The van der Waals surface area contributed by atoms with Crippen LogP contribution in [0.15, 0.2) is 42.6 Å². The van der Waals surface area contributed by atoms with Gasteiger partial charge in [0.2, 0.25) is 5.82 Å². The van der Waals surface area contributed by atoms with Gasteiger partial charge in [-0.05, 0) is 37.1 Å². The summed E-state index contributed by atoms with van der Waals surface area (Å²) in [7, 11) is 0. The van der Waals surface area contributed by atoms with Gasteiger partial charge in [0.15, 0.2) is 0 Å². The number of ether oxygens (including phenoxy) is 1. The zero-order chi connectivity index (χ0) is 17.5. The van der Waals surface area contributed by atoms with Gasteiger partial charge in [-0.3, -0.25) is 14.9 Å². The summed E-state index contributed by atoms with van der Waals surface area (Å²) in [6.45, 7) is 2.01. The lowest BCUT2D eigenvalue weighted by molar-refractivity contribution is -0.384. The monoisotopic (exact) mass is 330 g/mol. The molecule has 8 heteroatoms. The number of nitro groups is 1. The van der Waals surface area contributed by atoms with Crippen LogP contribution in [0.3, 0.4) is 0 Å². The number of hydrogen-bond donors (Lipinski definition) is 2. The molecule has 0 spiro atoms. The van der Waals surface area contributed by atoms with Crippen molar-refractivity contribution in [1.29, 1.82) is 0 Å². The molecule has 0 bridgehead atoms. The molecule has 0 saturated heterocycles. The van der Waals surface area contributed by atoms with Gasteiger partial charge in [0.1, 0.15) is 6.04 Å².